The summed E-state index contributed by atoms with van der Waals surface area (Å²) >= 11 is 0. The Labute approximate surface area is 103 Å². The molecule has 0 bridgehead atoms. The van der Waals surface area contributed by atoms with Crippen LogP contribution in [0.25, 0.3) is 0 Å². The average Bonchev–Trinajstić information content (AvgIpc) is 2.84. The van der Waals surface area contributed by atoms with Crippen molar-refractivity contribution in [1.82, 2.24) is 14.8 Å². The zero-order valence-corrected chi connectivity index (χ0v) is 9.39. The van der Waals surface area contributed by atoms with Gasteiger partial charge in [0.1, 0.15) is 18.3 Å². The second-order valence-corrected chi connectivity index (χ2v) is 3.70. The minimum atomic E-state index is -0.935. The zero-order chi connectivity index (χ0) is 13.0. The summed E-state index contributed by atoms with van der Waals surface area (Å²) in [4.78, 5) is 15.0. The van der Waals surface area contributed by atoms with E-state index < -0.39 is 11.9 Å². The molecule has 18 heavy (non-hydrogen) atoms. The normalized spacial score (nSPS) is 11.7. The molecule has 1 unspecified atom stereocenters. The first-order valence-corrected chi connectivity index (χ1v) is 5.28. The number of rotatable bonds is 4. The van der Waals surface area contributed by atoms with Gasteiger partial charge in [0.15, 0.2) is 0 Å². The number of nitrogens with zero attached hydrogens (tertiary/aromatic N) is 4. The highest BCUT2D eigenvalue weighted by Gasteiger charge is 2.20. The fourth-order valence-corrected chi connectivity index (χ4v) is 1.63. The first-order valence-electron chi connectivity index (χ1n) is 5.28. The van der Waals surface area contributed by atoms with Crippen molar-refractivity contribution >= 4 is 5.97 Å². The van der Waals surface area contributed by atoms with E-state index in [1.54, 1.807) is 30.3 Å². The van der Waals surface area contributed by atoms with Crippen LogP contribution in [0.2, 0.25) is 0 Å². The smallest absolute Gasteiger partial charge is 0.312 e. The van der Waals surface area contributed by atoms with Crippen molar-refractivity contribution in [1.29, 1.82) is 5.26 Å². The highest BCUT2D eigenvalue weighted by molar-refractivity contribution is 5.75. The standard InChI is InChI=1S/C12H10N4O2/c13-6-11-14-8-16(15-11)7-10(12(17)18)9-4-2-1-3-5-9/h1-5,8,10H,7H2,(H,17,18). The highest BCUT2D eigenvalue weighted by Crippen LogP contribution is 2.17. The molecule has 0 aliphatic rings. The van der Waals surface area contributed by atoms with Gasteiger partial charge in [0, 0.05) is 0 Å². The molecule has 0 aliphatic heterocycles. The highest BCUT2D eigenvalue weighted by atomic mass is 16.4. The molecule has 0 saturated carbocycles. The van der Waals surface area contributed by atoms with Gasteiger partial charge >= 0.3 is 5.97 Å². The van der Waals surface area contributed by atoms with Crippen LogP contribution in [0.5, 0.6) is 0 Å². The largest absolute Gasteiger partial charge is 0.481 e. The second-order valence-electron chi connectivity index (χ2n) is 3.70. The number of nitriles is 1. The molecule has 1 N–H and O–H groups in total. The molecule has 0 aliphatic carbocycles. The summed E-state index contributed by atoms with van der Waals surface area (Å²) < 4.78 is 1.37. The van der Waals surface area contributed by atoms with Gasteiger partial charge in [-0.05, 0) is 5.56 Å². The molecule has 1 atom stereocenters. The number of carbonyl (C=O) groups is 1. The molecule has 0 fully saturated rings. The van der Waals surface area contributed by atoms with Crippen LogP contribution in [-0.4, -0.2) is 25.8 Å². The van der Waals surface area contributed by atoms with Crippen LogP contribution in [0.1, 0.15) is 17.3 Å². The predicted molar refractivity (Wildman–Crippen MR) is 61.6 cm³/mol. The molecular weight excluding hydrogens is 232 g/mol. The summed E-state index contributed by atoms with van der Waals surface area (Å²) in [6.45, 7) is 0.147. The third-order valence-corrected chi connectivity index (χ3v) is 2.51. The van der Waals surface area contributed by atoms with Gasteiger partial charge in [-0.2, -0.15) is 5.26 Å². The van der Waals surface area contributed by atoms with Crippen LogP contribution in [-0.2, 0) is 11.3 Å². The molecule has 6 nitrogen and oxygen atoms in total. The Bertz CT molecular complexity index is 586. The summed E-state index contributed by atoms with van der Waals surface area (Å²) in [5.74, 6) is -1.61. The average molecular weight is 242 g/mol. The van der Waals surface area contributed by atoms with E-state index in [0.717, 1.165) is 0 Å². The van der Waals surface area contributed by atoms with Gasteiger partial charge in [-0.3, -0.25) is 9.48 Å². The number of aliphatic carboxylic acids is 1. The van der Waals surface area contributed by atoms with Gasteiger partial charge in [-0.1, -0.05) is 30.3 Å². The lowest BCUT2D eigenvalue weighted by atomic mass is 9.99. The summed E-state index contributed by atoms with van der Waals surface area (Å²) in [6.07, 6.45) is 1.36. The molecule has 0 spiro atoms. The Morgan fingerprint density at radius 3 is 2.72 bits per heavy atom. The maximum Gasteiger partial charge on any atom is 0.312 e. The lowest BCUT2D eigenvalue weighted by molar-refractivity contribution is -0.139. The molecule has 1 heterocycles. The van der Waals surface area contributed by atoms with Gasteiger partial charge in [0.25, 0.3) is 5.82 Å². The Balaban J connectivity index is 2.23. The number of aromatic nitrogens is 3. The van der Waals surface area contributed by atoms with Crippen molar-refractivity contribution in [2.45, 2.75) is 12.5 Å². The van der Waals surface area contributed by atoms with Crippen molar-refractivity contribution in [3.8, 4) is 6.07 Å². The number of hydrogen-bond acceptors (Lipinski definition) is 4. The lowest BCUT2D eigenvalue weighted by Crippen LogP contribution is -2.18. The van der Waals surface area contributed by atoms with E-state index in [4.69, 9.17) is 5.26 Å². The van der Waals surface area contributed by atoms with Crippen LogP contribution in [0.4, 0.5) is 0 Å². The van der Waals surface area contributed by atoms with Crippen LogP contribution in [0, 0.1) is 11.3 Å². The summed E-state index contributed by atoms with van der Waals surface area (Å²) in [7, 11) is 0. The Morgan fingerprint density at radius 2 is 2.17 bits per heavy atom. The number of carboxylic acids is 1. The van der Waals surface area contributed by atoms with E-state index in [-0.39, 0.29) is 12.4 Å². The van der Waals surface area contributed by atoms with Crippen molar-refractivity contribution in [3.05, 3.63) is 48.0 Å². The predicted octanol–water partition coefficient (Wildman–Crippen LogP) is 1.02. The van der Waals surface area contributed by atoms with Gasteiger partial charge in [-0.25, -0.2) is 4.98 Å². The minimum Gasteiger partial charge on any atom is -0.481 e. The van der Waals surface area contributed by atoms with E-state index in [9.17, 15) is 9.90 Å². The number of benzene rings is 1. The van der Waals surface area contributed by atoms with E-state index in [2.05, 4.69) is 10.1 Å². The Hall–Kier alpha value is -2.68. The Morgan fingerprint density at radius 1 is 1.44 bits per heavy atom. The molecule has 0 saturated heterocycles. The fourth-order valence-electron chi connectivity index (χ4n) is 1.63. The monoisotopic (exact) mass is 242 g/mol. The van der Waals surface area contributed by atoms with Gasteiger partial charge in [0.2, 0.25) is 0 Å². The van der Waals surface area contributed by atoms with Crippen LogP contribution in [0.15, 0.2) is 36.7 Å². The van der Waals surface area contributed by atoms with Crippen molar-refractivity contribution < 1.29 is 9.90 Å². The van der Waals surface area contributed by atoms with E-state index in [0.29, 0.717) is 5.56 Å². The summed E-state index contributed by atoms with van der Waals surface area (Å²) in [6, 6.07) is 10.7. The van der Waals surface area contributed by atoms with E-state index >= 15 is 0 Å². The zero-order valence-electron chi connectivity index (χ0n) is 9.39. The van der Waals surface area contributed by atoms with Crippen molar-refractivity contribution in [3.63, 3.8) is 0 Å². The maximum absolute atomic E-state index is 11.3. The molecule has 1 aromatic heterocycles. The SMILES string of the molecule is N#Cc1ncn(CC(C(=O)O)c2ccccc2)n1. The third kappa shape index (κ3) is 2.52. The van der Waals surface area contributed by atoms with E-state index in [1.165, 1.54) is 11.0 Å². The first-order chi connectivity index (χ1) is 8.70. The fraction of sp³-hybridized carbons (Fsp3) is 0.167. The van der Waals surface area contributed by atoms with E-state index in [1.807, 2.05) is 6.07 Å². The molecule has 90 valence electrons. The van der Waals surface area contributed by atoms with Crippen LogP contribution in [0.3, 0.4) is 0 Å². The molecule has 0 amide bonds. The van der Waals surface area contributed by atoms with Gasteiger partial charge < -0.3 is 5.11 Å². The number of carboxylic acid groups (broad SMARTS) is 1. The maximum atomic E-state index is 11.3. The quantitative estimate of drug-likeness (QED) is 0.864. The molecule has 2 aromatic rings. The summed E-state index contributed by atoms with van der Waals surface area (Å²) in [5.41, 5.74) is 0.694. The molecular formula is C12H10N4O2. The third-order valence-electron chi connectivity index (χ3n) is 2.51. The van der Waals surface area contributed by atoms with Crippen molar-refractivity contribution in [2.75, 3.05) is 0 Å². The Kier molecular flexibility index (Phi) is 3.34. The van der Waals surface area contributed by atoms with Gasteiger partial charge in [0.05, 0.1) is 6.54 Å². The molecule has 6 heteroatoms. The topological polar surface area (TPSA) is 91.8 Å². The summed E-state index contributed by atoms with van der Waals surface area (Å²) in [5, 5.41) is 21.7. The van der Waals surface area contributed by atoms with Gasteiger partial charge in [-0.15, -0.1) is 5.10 Å². The molecule has 2 rings (SSSR count). The lowest BCUT2D eigenvalue weighted by Gasteiger charge is -2.12. The van der Waals surface area contributed by atoms with Crippen LogP contribution >= 0.6 is 0 Å². The second kappa shape index (κ2) is 5.10. The first kappa shape index (κ1) is 11.8. The van der Waals surface area contributed by atoms with Crippen molar-refractivity contribution in [2.24, 2.45) is 0 Å². The molecule has 0 radical (unpaired) electrons. The molecule has 1 aromatic carbocycles. The number of hydrogen-bond donors (Lipinski definition) is 1. The van der Waals surface area contributed by atoms with Crippen LogP contribution < -0.4 is 0 Å². The minimum absolute atomic E-state index is 0.0344.